The molecule has 28 heavy (non-hydrogen) atoms. The number of hydrogen-bond acceptors (Lipinski definition) is 6. The molecule has 7 nitrogen and oxygen atoms in total. The van der Waals surface area contributed by atoms with Crippen LogP contribution in [0.3, 0.4) is 0 Å². The van der Waals surface area contributed by atoms with Crippen LogP contribution in [-0.4, -0.2) is 37.6 Å². The number of hydrogen-bond donors (Lipinski definition) is 1. The minimum atomic E-state index is -0.690. The van der Waals surface area contributed by atoms with Gasteiger partial charge in [0.15, 0.2) is 18.1 Å². The fraction of sp³-hybridized carbons (Fsp3) is 0.286. The maximum absolute atomic E-state index is 12.4. The zero-order valence-electron chi connectivity index (χ0n) is 16.0. The van der Waals surface area contributed by atoms with Crippen LogP contribution < -0.4 is 14.8 Å². The van der Waals surface area contributed by atoms with Crippen molar-refractivity contribution in [3.63, 3.8) is 0 Å². The molecule has 1 amide bonds. The van der Waals surface area contributed by atoms with Crippen LogP contribution >= 0.6 is 0 Å². The van der Waals surface area contributed by atoms with Crippen molar-refractivity contribution in [2.24, 2.45) is 0 Å². The van der Waals surface area contributed by atoms with Gasteiger partial charge in [0, 0.05) is 11.1 Å². The van der Waals surface area contributed by atoms with Gasteiger partial charge >= 0.3 is 5.97 Å². The number of esters is 1. The number of fused-ring (bicyclic) bond motifs is 1. The highest BCUT2D eigenvalue weighted by Gasteiger charge is 2.18. The van der Waals surface area contributed by atoms with E-state index >= 15 is 0 Å². The van der Waals surface area contributed by atoms with Gasteiger partial charge in [0.1, 0.15) is 6.54 Å². The fourth-order valence-corrected chi connectivity index (χ4v) is 3.18. The minimum absolute atomic E-state index is 0.112. The second-order valence-corrected chi connectivity index (χ2v) is 6.61. The molecule has 0 fully saturated rings. The van der Waals surface area contributed by atoms with Crippen LogP contribution in [0.4, 0.5) is 0 Å². The van der Waals surface area contributed by atoms with E-state index in [1.807, 2.05) is 32.9 Å². The van der Waals surface area contributed by atoms with Crippen molar-refractivity contribution in [3.05, 3.63) is 58.1 Å². The SMILES string of the molecule is Cc1cc(C)c(C(=O)COC(=O)CNC(=O)c2ccc3c(c2)OCO3)c(C)c1. The van der Waals surface area contributed by atoms with Crippen LogP contribution in [0.15, 0.2) is 30.3 Å². The van der Waals surface area contributed by atoms with Crippen LogP contribution in [0, 0.1) is 20.8 Å². The van der Waals surface area contributed by atoms with Gasteiger partial charge in [-0.25, -0.2) is 0 Å². The third-order valence-electron chi connectivity index (χ3n) is 4.35. The Hall–Kier alpha value is -3.35. The number of benzene rings is 2. The van der Waals surface area contributed by atoms with Crippen molar-refractivity contribution in [2.45, 2.75) is 20.8 Å². The van der Waals surface area contributed by atoms with Gasteiger partial charge in [-0.1, -0.05) is 17.7 Å². The Morgan fingerprint density at radius 3 is 2.39 bits per heavy atom. The van der Waals surface area contributed by atoms with Gasteiger partial charge in [0.2, 0.25) is 12.6 Å². The molecule has 0 saturated heterocycles. The van der Waals surface area contributed by atoms with E-state index in [1.165, 1.54) is 6.07 Å². The van der Waals surface area contributed by atoms with E-state index in [1.54, 1.807) is 12.1 Å². The van der Waals surface area contributed by atoms with E-state index in [0.29, 0.717) is 22.6 Å². The average Bonchev–Trinajstić information content (AvgIpc) is 3.11. The first-order valence-electron chi connectivity index (χ1n) is 8.79. The van der Waals surface area contributed by atoms with Crippen molar-refractivity contribution >= 4 is 17.7 Å². The zero-order chi connectivity index (χ0) is 20.3. The summed E-state index contributed by atoms with van der Waals surface area (Å²) in [6.07, 6.45) is 0. The summed E-state index contributed by atoms with van der Waals surface area (Å²) in [6.45, 7) is 5.05. The van der Waals surface area contributed by atoms with Gasteiger partial charge in [-0.3, -0.25) is 14.4 Å². The molecular weight excluding hydrogens is 362 g/mol. The van der Waals surface area contributed by atoms with Crippen molar-refractivity contribution in [3.8, 4) is 11.5 Å². The van der Waals surface area contributed by atoms with Crippen LogP contribution in [0.25, 0.3) is 0 Å². The molecule has 0 atom stereocenters. The van der Waals surface area contributed by atoms with Crippen LogP contribution in [-0.2, 0) is 9.53 Å². The number of aryl methyl sites for hydroxylation is 3. The van der Waals surface area contributed by atoms with Gasteiger partial charge in [-0.2, -0.15) is 0 Å². The Morgan fingerprint density at radius 2 is 1.68 bits per heavy atom. The van der Waals surface area contributed by atoms with Crippen molar-refractivity contribution < 1.29 is 28.6 Å². The summed E-state index contributed by atoms with van der Waals surface area (Å²) in [7, 11) is 0. The maximum atomic E-state index is 12.4. The van der Waals surface area contributed by atoms with E-state index in [0.717, 1.165) is 16.7 Å². The first-order chi connectivity index (χ1) is 13.3. The first kappa shape index (κ1) is 19.4. The van der Waals surface area contributed by atoms with Crippen LogP contribution in [0.1, 0.15) is 37.4 Å². The molecule has 0 radical (unpaired) electrons. The van der Waals surface area contributed by atoms with E-state index in [9.17, 15) is 14.4 Å². The molecule has 1 heterocycles. The van der Waals surface area contributed by atoms with E-state index in [2.05, 4.69) is 5.32 Å². The van der Waals surface area contributed by atoms with Crippen LogP contribution in [0.2, 0.25) is 0 Å². The standard InChI is InChI=1S/C21H21NO6/c1-12-6-13(2)20(14(3)7-12)16(23)10-26-19(24)9-22-21(25)15-4-5-17-18(8-15)28-11-27-17/h4-8H,9-11H2,1-3H3,(H,22,25). The molecule has 2 aromatic rings. The predicted octanol–water partition coefficient (Wildman–Crippen LogP) is 2.50. The molecule has 7 heteroatoms. The quantitative estimate of drug-likeness (QED) is 0.609. The molecule has 1 aliphatic rings. The highest BCUT2D eigenvalue weighted by Crippen LogP contribution is 2.32. The monoisotopic (exact) mass is 383 g/mol. The number of carbonyl (C=O) groups excluding carboxylic acids is 3. The number of amides is 1. The Morgan fingerprint density at radius 1 is 1.00 bits per heavy atom. The fourth-order valence-electron chi connectivity index (χ4n) is 3.18. The molecule has 0 spiro atoms. The second-order valence-electron chi connectivity index (χ2n) is 6.61. The topological polar surface area (TPSA) is 90.9 Å². The highest BCUT2D eigenvalue weighted by molar-refractivity contribution is 6.01. The van der Waals surface area contributed by atoms with Gasteiger partial charge in [-0.15, -0.1) is 0 Å². The van der Waals surface area contributed by atoms with Gasteiger partial charge in [0.05, 0.1) is 0 Å². The second kappa shape index (κ2) is 8.12. The van der Waals surface area contributed by atoms with Crippen LogP contribution in [0.5, 0.6) is 11.5 Å². The van der Waals surface area contributed by atoms with E-state index in [4.69, 9.17) is 14.2 Å². The molecule has 0 saturated carbocycles. The number of Topliss-reactive ketones (excluding diaryl/α,β-unsaturated/α-hetero) is 1. The lowest BCUT2D eigenvalue weighted by molar-refractivity contribution is -0.141. The summed E-state index contributed by atoms with van der Waals surface area (Å²) in [6, 6.07) is 8.55. The molecular formula is C21H21NO6. The zero-order valence-corrected chi connectivity index (χ0v) is 16.0. The molecule has 146 valence electrons. The summed E-state index contributed by atoms with van der Waals surface area (Å²) in [5, 5.41) is 2.46. The summed E-state index contributed by atoms with van der Waals surface area (Å²) in [4.78, 5) is 36.4. The summed E-state index contributed by atoms with van der Waals surface area (Å²) in [5.74, 6) is -0.372. The molecule has 1 aliphatic heterocycles. The minimum Gasteiger partial charge on any atom is -0.456 e. The number of ketones is 1. The Bertz CT molecular complexity index is 927. The molecule has 0 unspecified atom stereocenters. The largest absolute Gasteiger partial charge is 0.456 e. The number of ether oxygens (including phenoxy) is 3. The highest BCUT2D eigenvalue weighted by atomic mass is 16.7. The lowest BCUT2D eigenvalue weighted by atomic mass is 9.97. The number of nitrogens with one attached hydrogen (secondary N) is 1. The third-order valence-corrected chi connectivity index (χ3v) is 4.35. The Labute approximate surface area is 162 Å². The summed E-state index contributed by atoms with van der Waals surface area (Å²) in [5.41, 5.74) is 3.64. The maximum Gasteiger partial charge on any atom is 0.325 e. The predicted molar refractivity (Wildman–Crippen MR) is 101 cm³/mol. The molecule has 2 aromatic carbocycles. The van der Waals surface area contributed by atoms with Gasteiger partial charge < -0.3 is 19.5 Å². The van der Waals surface area contributed by atoms with Crippen molar-refractivity contribution in [1.82, 2.24) is 5.32 Å². The molecule has 0 bridgehead atoms. The summed E-state index contributed by atoms with van der Waals surface area (Å²) < 4.78 is 15.4. The number of carbonyl (C=O) groups is 3. The average molecular weight is 383 g/mol. The lowest BCUT2D eigenvalue weighted by Crippen LogP contribution is -2.31. The Balaban J connectivity index is 1.51. The Kier molecular flexibility index (Phi) is 5.63. The van der Waals surface area contributed by atoms with Crippen molar-refractivity contribution in [2.75, 3.05) is 19.9 Å². The number of rotatable bonds is 6. The van der Waals surface area contributed by atoms with E-state index in [-0.39, 0.29) is 25.7 Å². The third kappa shape index (κ3) is 4.31. The van der Waals surface area contributed by atoms with Crippen molar-refractivity contribution in [1.29, 1.82) is 0 Å². The molecule has 0 aliphatic carbocycles. The molecule has 1 N–H and O–H groups in total. The summed E-state index contributed by atoms with van der Waals surface area (Å²) >= 11 is 0. The lowest BCUT2D eigenvalue weighted by Gasteiger charge is -2.11. The normalized spacial score (nSPS) is 11.8. The first-order valence-corrected chi connectivity index (χ1v) is 8.79. The molecule has 0 aromatic heterocycles. The molecule has 3 rings (SSSR count). The smallest absolute Gasteiger partial charge is 0.325 e. The van der Waals surface area contributed by atoms with E-state index < -0.39 is 11.9 Å². The van der Waals surface area contributed by atoms with Gasteiger partial charge in [-0.05, 0) is 50.1 Å². The van der Waals surface area contributed by atoms with Gasteiger partial charge in [0.25, 0.3) is 5.91 Å².